The van der Waals surface area contributed by atoms with E-state index in [4.69, 9.17) is 14.2 Å². The zero-order chi connectivity index (χ0) is 19.6. The predicted octanol–water partition coefficient (Wildman–Crippen LogP) is 4.89. The number of carbonyl (C=O) groups is 1. The van der Waals surface area contributed by atoms with E-state index in [1.807, 2.05) is 12.1 Å². The van der Waals surface area contributed by atoms with E-state index >= 15 is 0 Å². The highest BCUT2D eigenvalue weighted by atomic mass is 16.5. The summed E-state index contributed by atoms with van der Waals surface area (Å²) in [6.07, 6.45) is 7.36. The number of rotatable bonds is 10. The molecule has 0 aliphatic carbocycles. The molecule has 0 unspecified atom stereocenters. The second kappa shape index (κ2) is 10.0. The van der Waals surface area contributed by atoms with Crippen molar-refractivity contribution in [3.63, 3.8) is 0 Å². The van der Waals surface area contributed by atoms with Crippen molar-refractivity contribution in [1.82, 2.24) is 0 Å². The van der Waals surface area contributed by atoms with Gasteiger partial charge in [-0.15, -0.1) is 6.58 Å². The molecule has 140 valence electrons. The molecule has 0 atom stereocenters. The zero-order valence-electron chi connectivity index (χ0n) is 15.7. The fourth-order valence-electron chi connectivity index (χ4n) is 2.65. The maximum atomic E-state index is 12.5. The molecule has 0 bridgehead atoms. The minimum atomic E-state index is -0.122. The minimum Gasteiger partial charge on any atom is -0.496 e. The van der Waals surface area contributed by atoms with Gasteiger partial charge in [0.15, 0.2) is 5.78 Å². The van der Waals surface area contributed by atoms with Crippen LogP contribution in [0.15, 0.2) is 67.8 Å². The van der Waals surface area contributed by atoms with Gasteiger partial charge in [-0.1, -0.05) is 24.8 Å². The van der Waals surface area contributed by atoms with E-state index in [1.165, 1.54) is 6.08 Å². The van der Waals surface area contributed by atoms with Gasteiger partial charge in [0.25, 0.3) is 0 Å². The fourth-order valence-corrected chi connectivity index (χ4v) is 2.65. The number of methoxy groups -OCH3 is 2. The molecule has 0 fully saturated rings. The van der Waals surface area contributed by atoms with Gasteiger partial charge in [0.05, 0.1) is 19.8 Å². The maximum absolute atomic E-state index is 12.5. The van der Waals surface area contributed by atoms with Gasteiger partial charge in [0.2, 0.25) is 0 Å². The third kappa shape index (κ3) is 5.11. The van der Waals surface area contributed by atoms with Crippen LogP contribution in [-0.4, -0.2) is 26.6 Å². The van der Waals surface area contributed by atoms with Crippen molar-refractivity contribution in [1.29, 1.82) is 0 Å². The summed E-state index contributed by atoms with van der Waals surface area (Å²) in [5.74, 6) is 1.88. The van der Waals surface area contributed by atoms with Gasteiger partial charge in [-0.3, -0.25) is 4.79 Å². The average molecular weight is 364 g/mol. The lowest BCUT2D eigenvalue weighted by Gasteiger charge is -2.14. The van der Waals surface area contributed by atoms with Gasteiger partial charge >= 0.3 is 0 Å². The molecule has 2 aromatic carbocycles. The molecule has 0 saturated heterocycles. The van der Waals surface area contributed by atoms with Gasteiger partial charge in [-0.25, -0.2) is 0 Å². The molecule has 0 saturated carbocycles. The largest absolute Gasteiger partial charge is 0.496 e. The molecule has 0 radical (unpaired) electrons. The van der Waals surface area contributed by atoms with Crippen molar-refractivity contribution in [3.05, 3.63) is 84.5 Å². The van der Waals surface area contributed by atoms with E-state index in [1.54, 1.807) is 56.7 Å². The van der Waals surface area contributed by atoms with Gasteiger partial charge in [0.1, 0.15) is 23.9 Å². The first-order chi connectivity index (χ1) is 13.1. The molecule has 0 aliphatic heterocycles. The van der Waals surface area contributed by atoms with Crippen LogP contribution in [0.25, 0.3) is 6.08 Å². The average Bonchev–Trinajstić information content (AvgIpc) is 2.71. The molecule has 27 heavy (non-hydrogen) atoms. The summed E-state index contributed by atoms with van der Waals surface area (Å²) in [7, 11) is 3.19. The van der Waals surface area contributed by atoms with Gasteiger partial charge in [-0.2, -0.15) is 0 Å². The third-order valence-electron chi connectivity index (χ3n) is 3.93. The Balaban J connectivity index is 2.28. The molecule has 0 aliphatic rings. The Kier molecular flexibility index (Phi) is 7.44. The SMILES string of the molecule is C=CCOc1ccc(C(=O)C=Cc2c(OC)ccc(CC=C)c2OC)cc1. The molecule has 0 spiro atoms. The van der Waals surface area contributed by atoms with Crippen LogP contribution in [0.3, 0.4) is 0 Å². The van der Waals surface area contributed by atoms with Gasteiger partial charge in [0, 0.05) is 5.56 Å². The number of hydrogen-bond donors (Lipinski definition) is 0. The number of ether oxygens (including phenoxy) is 3. The van der Waals surface area contributed by atoms with Crippen LogP contribution < -0.4 is 14.2 Å². The zero-order valence-corrected chi connectivity index (χ0v) is 15.7. The highest BCUT2D eigenvalue weighted by Crippen LogP contribution is 2.34. The highest BCUT2D eigenvalue weighted by Gasteiger charge is 2.13. The molecular formula is C23H24O4. The van der Waals surface area contributed by atoms with E-state index < -0.39 is 0 Å². The van der Waals surface area contributed by atoms with Crippen LogP contribution >= 0.6 is 0 Å². The molecule has 0 aromatic heterocycles. The molecule has 4 nitrogen and oxygen atoms in total. The fraction of sp³-hybridized carbons (Fsp3) is 0.174. The van der Waals surface area contributed by atoms with Crippen molar-refractivity contribution < 1.29 is 19.0 Å². The summed E-state index contributed by atoms with van der Waals surface area (Å²) in [4.78, 5) is 12.5. The second-order valence-corrected chi connectivity index (χ2v) is 5.69. The maximum Gasteiger partial charge on any atom is 0.185 e. The molecule has 0 N–H and O–H groups in total. The smallest absolute Gasteiger partial charge is 0.185 e. The quantitative estimate of drug-likeness (QED) is 0.342. The van der Waals surface area contributed by atoms with Crippen molar-refractivity contribution in [2.45, 2.75) is 6.42 Å². The van der Waals surface area contributed by atoms with Crippen LogP contribution in [-0.2, 0) is 6.42 Å². The Morgan fingerprint density at radius 3 is 2.33 bits per heavy atom. The number of carbonyl (C=O) groups excluding carboxylic acids is 1. The van der Waals surface area contributed by atoms with Gasteiger partial charge < -0.3 is 14.2 Å². The lowest BCUT2D eigenvalue weighted by molar-refractivity contribution is 0.104. The first kappa shape index (κ1) is 20.0. The predicted molar refractivity (Wildman–Crippen MR) is 109 cm³/mol. The summed E-state index contributed by atoms with van der Waals surface area (Å²) in [5, 5.41) is 0. The standard InChI is InChI=1S/C23H24O4/c1-5-7-18-10-15-22(25-3)20(23(18)26-4)13-14-21(24)17-8-11-19(12-9-17)27-16-6-2/h5-6,8-15H,1-2,7,16H2,3-4H3. The van der Waals surface area contributed by atoms with Crippen LogP contribution in [0.5, 0.6) is 17.2 Å². The Morgan fingerprint density at radius 2 is 1.74 bits per heavy atom. The number of ketones is 1. The Morgan fingerprint density at radius 1 is 1.00 bits per heavy atom. The molecule has 0 heterocycles. The molecule has 2 rings (SSSR count). The molecular weight excluding hydrogens is 340 g/mol. The Hall–Kier alpha value is -3.27. The summed E-state index contributed by atoms with van der Waals surface area (Å²) in [5.41, 5.74) is 2.26. The summed E-state index contributed by atoms with van der Waals surface area (Å²) >= 11 is 0. The van der Waals surface area contributed by atoms with Gasteiger partial charge in [-0.05, 0) is 54.5 Å². The summed E-state index contributed by atoms with van der Waals surface area (Å²) in [6, 6.07) is 10.8. The Labute approximate surface area is 160 Å². The lowest BCUT2D eigenvalue weighted by Crippen LogP contribution is -1.99. The van der Waals surface area contributed by atoms with E-state index in [0.29, 0.717) is 35.8 Å². The van der Waals surface area contributed by atoms with Crippen LogP contribution in [0, 0.1) is 0 Å². The van der Waals surface area contributed by atoms with Crippen LogP contribution in [0.2, 0.25) is 0 Å². The lowest BCUT2D eigenvalue weighted by atomic mass is 10.0. The molecule has 2 aromatic rings. The first-order valence-corrected chi connectivity index (χ1v) is 8.55. The van der Waals surface area contributed by atoms with Crippen molar-refractivity contribution in [2.24, 2.45) is 0 Å². The third-order valence-corrected chi connectivity index (χ3v) is 3.93. The molecule has 0 amide bonds. The van der Waals surface area contributed by atoms with E-state index in [9.17, 15) is 4.79 Å². The van der Waals surface area contributed by atoms with E-state index in [0.717, 1.165) is 11.1 Å². The first-order valence-electron chi connectivity index (χ1n) is 8.55. The summed E-state index contributed by atoms with van der Waals surface area (Å²) in [6.45, 7) is 7.80. The summed E-state index contributed by atoms with van der Waals surface area (Å²) < 4.78 is 16.4. The second-order valence-electron chi connectivity index (χ2n) is 5.69. The van der Waals surface area contributed by atoms with Crippen LogP contribution in [0.1, 0.15) is 21.5 Å². The molecule has 4 heteroatoms. The highest BCUT2D eigenvalue weighted by molar-refractivity contribution is 6.07. The number of benzene rings is 2. The number of hydrogen-bond acceptors (Lipinski definition) is 4. The Bertz CT molecular complexity index is 832. The van der Waals surface area contributed by atoms with E-state index in [2.05, 4.69) is 13.2 Å². The number of allylic oxidation sites excluding steroid dienone is 2. The monoisotopic (exact) mass is 364 g/mol. The topological polar surface area (TPSA) is 44.8 Å². The van der Waals surface area contributed by atoms with Crippen molar-refractivity contribution in [3.8, 4) is 17.2 Å². The van der Waals surface area contributed by atoms with E-state index in [-0.39, 0.29) is 5.78 Å². The minimum absolute atomic E-state index is 0.122. The normalized spacial score (nSPS) is 10.4. The van der Waals surface area contributed by atoms with Crippen molar-refractivity contribution in [2.75, 3.05) is 20.8 Å². The van der Waals surface area contributed by atoms with Crippen molar-refractivity contribution >= 4 is 11.9 Å². The van der Waals surface area contributed by atoms with Crippen LogP contribution in [0.4, 0.5) is 0 Å².